The van der Waals surface area contributed by atoms with Crippen LogP contribution in [0.5, 0.6) is 0 Å². The molecule has 1 heterocycles. The maximum Gasteiger partial charge on any atom is 0.242 e. The van der Waals surface area contributed by atoms with E-state index >= 15 is 0 Å². The summed E-state index contributed by atoms with van der Waals surface area (Å²) in [7, 11) is 0. The number of carbonyl (C=O) groups is 2. The molecule has 0 aromatic carbocycles. The van der Waals surface area contributed by atoms with Crippen molar-refractivity contribution in [1.29, 1.82) is 0 Å². The Hall–Kier alpha value is -1.06. The number of amides is 2. The summed E-state index contributed by atoms with van der Waals surface area (Å²) in [5.74, 6) is 0.768. The molecule has 1 saturated carbocycles. The number of carbonyl (C=O) groups excluding carboxylic acids is 2. The van der Waals surface area contributed by atoms with Crippen LogP contribution in [0.3, 0.4) is 0 Å². The minimum Gasteiger partial charge on any atom is -0.354 e. The molecule has 1 atom stereocenters. The van der Waals surface area contributed by atoms with Gasteiger partial charge in [-0.05, 0) is 31.6 Å². The number of nitrogens with one attached hydrogen (secondary N) is 2. The topological polar surface area (TPSA) is 58.2 Å². The van der Waals surface area contributed by atoms with E-state index in [-0.39, 0.29) is 17.9 Å². The molecule has 0 aromatic rings. The molecule has 2 fully saturated rings. The van der Waals surface area contributed by atoms with Crippen LogP contribution in [-0.2, 0) is 9.59 Å². The molecular formula is C14H24N2O2. The van der Waals surface area contributed by atoms with Crippen LogP contribution in [0.1, 0.15) is 57.8 Å². The van der Waals surface area contributed by atoms with Gasteiger partial charge in [-0.1, -0.05) is 25.7 Å². The highest BCUT2D eigenvalue weighted by molar-refractivity contribution is 5.87. The highest BCUT2D eigenvalue weighted by Crippen LogP contribution is 2.28. The molecule has 1 aliphatic carbocycles. The molecule has 2 aliphatic rings. The zero-order valence-electron chi connectivity index (χ0n) is 11.0. The Morgan fingerprint density at radius 2 is 1.89 bits per heavy atom. The average molecular weight is 252 g/mol. The van der Waals surface area contributed by atoms with Crippen LogP contribution in [0.2, 0.25) is 0 Å². The van der Waals surface area contributed by atoms with E-state index in [0.717, 1.165) is 38.1 Å². The van der Waals surface area contributed by atoms with E-state index in [1.54, 1.807) is 0 Å². The van der Waals surface area contributed by atoms with E-state index in [2.05, 4.69) is 10.6 Å². The first-order chi connectivity index (χ1) is 8.75. The van der Waals surface area contributed by atoms with Crippen molar-refractivity contribution in [3.05, 3.63) is 0 Å². The third-order valence-electron chi connectivity index (χ3n) is 4.12. The summed E-state index contributed by atoms with van der Waals surface area (Å²) >= 11 is 0. The first-order valence-electron chi connectivity index (χ1n) is 7.33. The molecule has 0 bridgehead atoms. The van der Waals surface area contributed by atoms with Gasteiger partial charge in [0.1, 0.15) is 6.04 Å². The maximum atomic E-state index is 11.8. The molecule has 2 N–H and O–H groups in total. The second kappa shape index (κ2) is 6.76. The van der Waals surface area contributed by atoms with Crippen molar-refractivity contribution >= 4 is 11.8 Å². The molecule has 4 heteroatoms. The molecular weight excluding hydrogens is 228 g/mol. The van der Waals surface area contributed by atoms with E-state index in [1.807, 2.05) is 0 Å². The van der Waals surface area contributed by atoms with Crippen molar-refractivity contribution in [3.8, 4) is 0 Å². The fraction of sp³-hybridized carbons (Fsp3) is 0.857. The number of hydrogen-bond acceptors (Lipinski definition) is 2. The fourth-order valence-electron chi connectivity index (χ4n) is 2.98. The largest absolute Gasteiger partial charge is 0.354 e. The van der Waals surface area contributed by atoms with Gasteiger partial charge in [-0.3, -0.25) is 9.59 Å². The molecule has 1 aliphatic heterocycles. The maximum absolute atomic E-state index is 11.8. The van der Waals surface area contributed by atoms with Crippen molar-refractivity contribution in [3.63, 3.8) is 0 Å². The Balaban J connectivity index is 1.70. The van der Waals surface area contributed by atoms with Gasteiger partial charge in [-0.2, -0.15) is 0 Å². The molecule has 18 heavy (non-hydrogen) atoms. The number of rotatable bonds is 4. The van der Waals surface area contributed by atoms with Gasteiger partial charge in [-0.25, -0.2) is 0 Å². The Kier molecular flexibility index (Phi) is 5.02. The van der Waals surface area contributed by atoms with E-state index in [0.29, 0.717) is 6.42 Å². The zero-order chi connectivity index (χ0) is 12.8. The monoisotopic (exact) mass is 252 g/mol. The van der Waals surface area contributed by atoms with Crippen molar-refractivity contribution in [2.75, 3.05) is 6.54 Å². The molecule has 1 unspecified atom stereocenters. The molecule has 2 amide bonds. The molecule has 2 rings (SSSR count). The van der Waals surface area contributed by atoms with Gasteiger partial charge in [0, 0.05) is 13.0 Å². The molecule has 102 valence electrons. The molecule has 0 spiro atoms. The van der Waals surface area contributed by atoms with Gasteiger partial charge in [0.05, 0.1) is 0 Å². The highest BCUT2D eigenvalue weighted by atomic mass is 16.2. The summed E-state index contributed by atoms with van der Waals surface area (Å²) in [5, 5.41) is 5.73. The van der Waals surface area contributed by atoms with E-state index in [1.165, 1.54) is 25.7 Å². The van der Waals surface area contributed by atoms with Gasteiger partial charge in [0.15, 0.2) is 0 Å². The standard InChI is InChI=1S/C14H24N2O2/c17-13(9-8-11-5-1-2-6-11)16-12-7-3-4-10-15-14(12)18/h11-12H,1-10H2,(H,15,18)(H,16,17). The van der Waals surface area contributed by atoms with Gasteiger partial charge in [-0.15, -0.1) is 0 Å². The van der Waals surface area contributed by atoms with Gasteiger partial charge >= 0.3 is 0 Å². The van der Waals surface area contributed by atoms with Crippen LogP contribution in [-0.4, -0.2) is 24.4 Å². The van der Waals surface area contributed by atoms with Gasteiger partial charge < -0.3 is 10.6 Å². The lowest BCUT2D eigenvalue weighted by molar-refractivity contribution is -0.129. The molecule has 4 nitrogen and oxygen atoms in total. The lowest BCUT2D eigenvalue weighted by atomic mass is 10.0. The Morgan fingerprint density at radius 1 is 1.17 bits per heavy atom. The van der Waals surface area contributed by atoms with Crippen LogP contribution in [0.15, 0.2) is 0 Å². The van der Waals surface area contributed by atoms with Crippen LogP contribution in [0.25, 0.3) is 0 Å². The Bertz CT molecular complexity index is 298. The second-order valence-electron chi connectivity index (χ2n) is 5.60. The molecule has 0 aromatic heterocycles. The molecule has 0 radical (unpaired) electrons. The van der Waals surface area contributed by atoms with E-state index in [4.69, 9.17) is 0 Å². The summed E-state index contributed by atoms with van der Waals surface area (Å²) in [6, 6.07) is -0.302. The molecule has 1 saturated heterocycles. The second-order valence-corrected chi connectivity index (χ2v) is 5.60. The lowest BCUT2D eigenvalue weighted by Crippen LogP contribution is -2.45. The highest BCUT2D eigenvalue weighted by Gasteiger charge is 2.23. The van der Waals surface area contributed by atoms with Crippen LogP contribution < -0.4 is 10.6 Å². The lowest BCUT2D eigenvalue weighted by Gasteiger charge is -2.16. The van der Waals surface area contributed by atoms with Crippen molar-refractivity contribution in [2.45, 2.75) is 63.8 Å². The first kappa shape index (κ1) is 13.4. The summed E-state index contributed by atoms with van der Waals surface area (Å²) in [5.41, 5.74) is 0. The quantitative estimate of drug-likeness (QED) is 0.800. The van der Waals surface area contributed by atoms with Crippen molar-refractivity contribution in [1.82, 2.24) is 10.6 Å². The summed E-state index contributed by atoms with van der Waals surface area (Å²) in [6.45, 7) is 0.743. The predicted octanol–water partition coefficient (Wildman–Crippen LogP) is 1.74. The first-order valence-corrected chi connectivity index (χ1v) is 7.33. The normalized spacial score (nSPS) is 25.6. The zero-order valence-corrected chi connectivity index (χ0v) is 11.0. The van der Waals surface area contributed by atoms with Crippen LogP contribution in [0, 0.1) is 5.92 Å². The van der Waals surface area contributed by atoms with Crippen molar-refractivity contribution in [2.24, 2.45) is 5.92 Å². The van der Waals surface area contributed by atoms with Crippen molar-refractivity contribution < 1.29 is 9.59 Å². The Labute approximate surface area is 109 Å². The van der Waals surface area contributed by atoms with E-state index < -0.39 is 0 Å². The summed E-state index contributed by atoms with van der Waals surface area (Å²) in [6.07, 6.45) is 9.55. The minimum absolute atomic E-state index is 0.0123. The smallest absolute Gasteiger partial charge is 0.242 e. The minimum atomic E-state index is -0.302. The SMILES string of the molecule is O=C(CCC1CCCC1)NC1CCCCNC1=O. The van der Waals surface area contributed by atoms with Crippen LogP contribution >= 0.6 is 0 Å². The van der Waals surface area contributed by atoms with Crippen LogP contribution in [0.4, 0.5) is 0 Å². The van der Waals surface area contributed by atoms with E-state index in [9.17, 15) is 9.59 Å². The average Bonchev–Trinajstić information content (AvgIpc) is 2.80. The third-order valence-corrected chi connectivity index (χ3v) is 4.12. The van der Waals surface area contributed by atoms with Gasteiger partial charge in [0.25, 0.3) is 0 Å². The summed E-state index contributed by atoms with van der Waals surface area (Å²) < 4.78 is 0. The third kappa shape index (κ3) is 4.00. The van der Waals surface area contributed by atoms with Gasteiger partial charge in [0.2, 0.25) is 11.8 Å². The number of hydrogen-bond donors (Lipinski definition) is 2. The Morgan fingerprint density at radius 3 is 2.67 bits per heavy atom. The summed E-state index contributed by atoms with van der Waals surface area (Å²) in [4.78, 5) is 23.5. The predicted molar refractivity (Wildman–Crippen MR) is 70.0 cm³/mol. The fourth-order valence-corrected chi connectivity index (χ4v) is 2.98.